The molecule has 0 saturated carbocycles. The van der Waals surface area contributed by atoms with Gasteiger partial charge in [0.15, 0.2) is 6.10 Å². The summed E-state index contributed by atoms with van der Waals surface area (Å²) in [6, 6.07) is 0. The van der Waals surface area contributed by atoms with Crippen molar-refractivity contribution in [2.45, 2.75) is 297 Å². The molecular formula is C63H110O6. The van der Waals surface area contributed by atoms with Crippen molar-refractivity contribution in [3.8, 4) is 0 Å². The molecule has 0 fully saturated rings. The van der Waals surface area contributed by atoms with Gasteiger partial charge in [0.1, 0.15) is 13.2 Å². The molecule has 0 spiro atoms. The van der Waals surface area contributed by atoms with E-state index >= 15 is 0 Å². The molecule has 0 bridgehead atoms. The molecule has 0 N–H and O–H groups in total. The largest absolute Gasteiger partial charge is 0.462 e. The Morgan fingerprint density at radius 2 is 0.565 bits per heavy atom. The summed E-state index contributed by atoms with van der Waals surface area (Å²) in [6.07, 6.45) is 73.2. The van der Waals surface area contributed by atoms with Crippen molar-refractivity contribution in [2.75, 3.05) is 13.2 Å². The highest BCUT2D eigenvalue weighted by atomic mass is 16.6. The van der Waals surface area contributed by atoms with Crippen LogP contribution in [-0.2, 0) is 28.6 Å². The molecule has 69 heavy (non-hydrogen) atoms. The molecule has 0 unspecified atom stereocenters. The van der Waals surface area contributed by atoms with E-state index in [1.54, 1.807) is 0 Å². The van der Waals surface area contributed by atoms with Crippen molar-refractivity contribution in [3.63, 3.8) is 0 Å². The van der Waals surface area contributed by atoms with Gasteiger partial charge in [-0.05, 0) is 89.9 Å². The average Bonchev–Trinajstić information content (AvgIpc) is 3.35. The summed E-state index contributed by atoms with van der Waals surface area (Å²) in [6.45, 7) is 6.50. The molecule has 6 heteroatoms. The van der Waals surface area contributed by atoms with Crippen LogP contribution in [0.3, 0.4) is 0 Å². The number of carbonyl (C=O) groups is 3. The van der Waals surface area contributed by atoms with Crippen molar-refractivity contribution in [1.82, 2.24) is 0 Å². The second kappa shape index (κ2) is 57.4. The molecule has 0 aromatic rings. The van der Waals surface area contributed by atoms with Crippen LogP contribution >= 0.6 is 0 Å². The van der Waals surface area contributed by atoms with Gasteiger partial charge in [0, 0.05) is 19.3 Å². The van der Waals surface area contributed by atoms with Crippen molar-refractivity contribution < 1.29 is 28.6 Å². The highest BCUT2D eigenvalue weighted by molar-refractivity contribution is 5.71. The molecule has 0 aromatic heterocycles. The smallest absolute Gasteiger partial charge is 0.306 e. The fourth-order valence-electron chi connectivity index (χ4n) is 8.29. The maximum absolute atomic E-state index is 12.9. The predicted molar refractivity (Wildman–Crippen MR) is 298 cm³/mol. The zero-order chi connectivity index (χ0) is 50.0. The summed E-state index contributed by atoms with van der Waals surface area (Å²) in [7, 11) is 0. The number of esters is 3. The highest BCUT2D eigenvalue weighted by Gasteiger charge is 2.19. The molecule has 1 atom stereocenters. The third-order valence-electron chi connectivity index (χ3n) is 12.7. The van der Waals surface area contributed by atoms with E-state index in [0.717, 1.165) is 122 Å². The van der Waals surface area contributed by atoms with E-state index in [0.29, 0.717) is 19.3 Å². The van der Waals surface area contributed by atoms with Gasteiger partial charge in [-0.1, -0.05) is 254 Å². The molecule has 0 aliphatic rings. The monoisotopic (exact) mass is 963 g/mol. The van der Waals surface area contributed by atoms with Crippen LogP contribution in [0.1, 0.15) is 290 Å². The second-order valence-electron chi connectivity index (χ2n) is 19.5. The maximum Gasteiger partial charge on any atom is 0.306 e. The minimum Gasteiger partial charge on any atom is -0.462 e. The van der Waals surface area contributed by atoms with Crippen molar-refractivity contribution in [3.05, 3.63) is 72.9 Å². The lowest BCUT2D eigenvalue weighted by Crippen LogP contribution is -2.30. The maximum atomic E-state index is 12.9. The number of allylic oxidation sites excluding steroid dienone is 12. The first-order valence-corrected chi connectivity index (χ1v) is 29.4. The number of unbranched alkanes of at least 4 members (excludes halogenated alkanes) is 30. The Kier molecular flexibility index (Phi) is 54.8. The molecule has 0 radical (unpaired) electrons. The topological polar surface area (TPSA) is 78.9 Å². The Bertz CT molecular complexity index is 1290. The summed E-state index contributed by atoms with van der Waals surface area (Å²) in [4.78, 5) is 38.2. The number of ether oxygens (including phenoxy) is 3. The van der Waals surface area contributed by atoms with E-state index in [1.165, 1.54) is 128 Å². The molecule has 0 heterocycles. The van der Waals surface area contributed by atoms with E-state index < -0.39 is 6.10 Å². The zero-order valence-corrected chi connectivity index (χ0v) is 45.6. The van der Waals surface area contributed by atoms with Gasteiger partial charge in [-0.15, -0.1) is 0 Å². The van der Waals surface area contributed by atoms with Crippen molar-refractivity contribution in [1.29, 1.82) is 0 Å². The summed E-state index contributed by atoms with van der Waals surface area (Å²) >= 11 is 0. The lowest BCUT2D eigenvalue weighted by atomic mass is 10.0. The molecule has 0 aromatic carbocycles. The molecule has 0 aliphatic heterocycles. The summed E-state index contributed by atoms with van der Waals surface area (Å²) in [5.74, 6) is -0.915. The van der Waals surface area contributed by atoms with Crippen LogP contribution in [0.15, 0.2) is 72.9 Å². The van der Waals surface area contributed by atoms with Gasteiger partial charge < -0.3 is 14.2 Å². The molecule has 0 rings (SSSR count). The summed E-state index contributed by atoms with van der Waals surface area (Å²) in [5, 5.41) is 0. The minimum absolute atomic E-state index is 0.0898. The third kappa shape index (κ3) is 55.6. The van der Waals surface area contributed by atoms with E-state index in [9.17, 15) is 14.4 Å². The molecule has 6 nitrogen and oxygen atoms in total. The van der Waals surface area contributed by atoms with E-state index in [-0.39, 0.29) is 31.1 Å². The van der Waals surface area contributed by atoms with Gasteiger partial charge in [-0.2, -0.15) is 0 Å². The standard InChI is InChI=1S/C63H110O6/c1-4-7-10-13-16-19-22-25-28-30-31-33-36-39-42-45-48-51-54-57-63(66)69-60(58-67-61(64)55-52-49-46-43-40-37-34-27-24-21-18-15-12-9-6-3)59-68-62(65)56-53-50-47-44-41-38-35-32-29-26-23-20-17-14-11-8-5-2/h9,12,17-18,20-21,26-27,29,34-35,38,60H,4-8,10-11,13-16,19,22-25,28,30-33,36-37,39-59H2,1-3H3/b12-9-,20-17-,21-18-,29-26-,34-27-,38-35-/t60-/m1/s1. The van der Waals surface area contributed by atoms with Crippen LogP contribution in [0.4, 0.5) is 0 Å². The molecule has 398 valence electrons. The molecule has 0 amide bonds. The normalized spacial score (nSPS) is 12.6. The fraction of sp³-hybridized carbons (Fsp3) is 0.762. The molecular weight excluding hydrogens is 853 g/mol. The van der Waals surface area contributed by atoms with E-state index in [2.05, 4.69) is 93.7 Å². The summed E-state index contributed by atoms with van der Waals surface area (Å²) in [5.41, 5.74) is 0. The number of carbonyl (C=O) groups excluding carboxylic acids is 3. The van der Waals surface area contributed by atoms with Crippen LogP contribution in [-0.4, -0.2) is 37.2 Å². The van der Waals surface area contributed by atoms with Crippen LogP contribution in [0, 0.1) is 0 Å². The van der Waals surface area contributed by atoms with Crippen LogP contribution < -0.4 is 0 Å². The third-order valence-corrected chi connectivity index (χ3v) is 12.7. The first-order valence-electron chi connectivity index (χ1n) is 29.4. The first kappa shape index (κ1) is 65.8. The Hall–Kier alpha value is -3.15. The lowest BCUT2D eigenvalue weighted by Gasteiger charge is -2.18. The van der Waals surface area contributed by atoms with E-state index in [1.807, 2.05) is 0 Å². The zero-order valence-electron chi connectivity index (χ0n) is 45.6. The number of hydrogen-bond acceptors (Lipinski definition) is 6. The number of rotatable bonds is 53. The fourth-order valence-corrected chi connectivity index (χ4v) is 8.29. The Balaban J connectivity index is 4.41. The SMILES string of the molecule is CC/C=C\C/C=C\C/C=C\CCCCCCCC(=O)OC[C@H](COC(=O)CCCCCC/C=C\C/C=C\C/C=C\CCCCC)OC(=O)CCCCCCCCCCCCCCCCCCCCC. The van der Waals surface area contributed by atoms with Gasteiger partial charge in [-0.25, -0.2) is 0 Å². The summed E-state index contributed by atoms with van der Waals surface area (Å²) < 4.78 is 16.9. The molecule has 0 saturated heterocycles. The Morgan fingerprint density at radius 1 is 0.304 bits per heavy atom. The molecule has 0 aliphatic carbocycles. The van der Waals surface area contributed by atoms with Gasteiger partial charge in [0.2, 0.25) is 0 Å². The van der Waals surface area contributed by atoms with Crippen molar-refractivity contribution >= 4 is 17.9 Å². The highest BCUT2D eigenvalue weighted by Crippen LogP contribution is 2.16. The van der Waals surface area contributed by atoms with E-state index in [4.69, 9.17) is 14.2 Å². The van der Waals surface area contributed by atoms with Crippen LogP contribution in [0.25, 0.3) is 0 Å². The number of hydrogen-bond donors (Lipinski definition) is 0. The average molecular weight is 964 g/mol. The van der Waals surface area contributed by atoms with Crippen LogP contribution in [0.2, 0.25) is 0 Å². The Morgan fingerprint density at radius 3 is 0.913 bits per heavy atom. The first-order chi connectivity index (χ1) is 34.0. The van der Waals surface area contributed by atoms with Crippen LogP contribution in [0.5, 0.6) is 0 Å². The lowest BCUT2D eigenvalue weighted by molar-refractivity contribution is -0.167. The minimum atomic E-state index is -0.791. The van der Waals surface area contributed by atoms with Gasteiger partial charge in [-0.3, -0.25) is 14.4 Å². The van der Waals surface area contributed by atoms with Gasteiger partial charge in [0.05, 0.1) is 0 Å². The second-order valence-corrected chi connectivity index (χ2v) is 19.5. The Labute approximate surface area is 427 Å². The van der Waals surface area contributed by atoms with Gasteiger partial charge in [0.25, 0.3) is 0 Å². The van der Waals surface area contributed by atoms with Gasteiger partial charge >= 0.3 is 17.9 Å². The quantitative estimate of drug-likeness (QED) is 0.0262. The predicted octanol–water partition coefficient (Wildman–Crippen LogP) is 19.8. The van der Waals surface area contributed by atoms with Crippen molar-refractivity contribution in [2.24, 2.45) is 0 Å².